The van der Waals surface area contributed by atoms with Crippen LogP contribution in [0.15, 0.2) is 52.9 Å². The van der Waals surface area contributed by atoms with E-state index in [2.05, 4.69) is 22.6 Å². The molecule has 3 aromatic rings. The molecule has 2 aromatic carbocycles. The van der Waals surface area contributed by atoms with Gasteiger partial charge >= 0.3 is 0 Å². The molecular formula is C15H11ClINO. The number of para-hydroxylation sites is 1. The van der Waals surface area contributed by atoms with E-state index >= 15 is 0 Å². The molecule has 2 nitrogen and oxygen atoms in total. The minimum Gasteiger partial charge on any atom is -0.459 e. The zero-order valence-corrected chi connectivity index (χ0v) is 12.9. The number of benzene rings is 2. The van der Waals surface area contributed by atoms with Crippen LogP contribution in [0.1, 0.15) is 17.4 Å². The van der Waals surface area contributed by atoms with Gasteiger partial charge in [0.1, 0.15) is 11.3 Å². The molecule has 0 radical (unpaired) electrons. The lowest BCUT2D eigenvalue weighted by Gasteiger charge is -2.11. The van der Waals surface area contributed by atoms with Crippen LogP contribution in [-0.2, 0) is 0 Å². The molecule has 0 spiro atoms. The molecule has 96 valence electrons. The Morgan fingerprint density at radius 3 is 2.68 bits per heavy atom. The molecule has 19 heavy (non-hydrogen) atoms. The third-order valence-corrected chi connectivity index (χ3v) is 4.26. The van der Waals surface area contributed by atoms with Crippen molar-refractivity contribution < 1.29 is 4.42 Å². The number of hydrogen-bond donors (Lipinski definition) is 1. The molecule has 0 aliphatic carbocycles. The molecule has 0 fully saturated rings. The first-order valence-corrected chi connectivity index (χ1v) is 7.30. The Morgan fingerprint density at radius 1 is 1.11 bits per heavy atom. The highest BCUT2D eigenvalue weighted by Crippen LogP contribution is 2.30. The van der Waals surface area contributed by atoms with Crippen LogP contribution in [0.5, 0.6) is 0 Å². The molecule has 0 aliphatic rings. The predicted molar refractivity (Wildman–Crippen MR) is 86.4 cm³/mol. The second-order valence-electron chi connectivity index (χ2n) is 4.33. The third-order valence-electron chi connectivity index (χ3n) is 3.04. The number of fused-ring (bicyclic) bond motifs is 1. The van der Waals surface area contributed by atoms with Crippen molar-refractivity contribution >= 4 is 45.2 Å². The maximum Gasteiger partial charge on any atom is 0.134 e. The van der Waals surface area contributed by atoms with Gasteiger partial charge in [-0.3, -0.25) is 0 Å². The van der Waals surface area contributed by atoms with E-state index in [0.29, 0.717) is 5.02 Å². The lowest BCUT2D eigenvalue weighted by molar-refractivity contribution is 0.524. The van der Waals surface area contributed by atoms with Gasteiger partial charge in [-0.05, 0) is 58.5 Å². The van der Waals surface area contributed by atoms with E-state index in [9.17, 15) is 0 Å². The fraction of sp³-hybridized carbons (Fsp3) is 0.0667. The number of halogens is 2. The highest BCUT2D eigenvalue weighted by molar-refractivity contribution is 14.1. The van der Waals surface area contributed by atoms with Crippen LogP contribution in [0.3, 0.4) is 0 Å². The Balaban J connectivity index is 2.07. The molecule has 1 aromatic heterocycles. The van der Waals surface area contributed by atoms with Gasteiger partial charge in [0.2, 0.25) is 0 Å². The monoisotopic (exact) mass is 383 g/mol. The summed E-state index contributed by atoms with van der Waals surface area (Å²) in [5, 5.41) is 1.74. The van der Waals surface area contributed by atoms with Gasteiger partial charge in [0.05, 0.1) is 6.04 Å². The van der Waals surface area contributed by atoms with Gasteiger partial charge in [0, 0.05) is 14.0 Å². The van der Waals surface area contributed by atoms with E-state index in [1.807, 2.05) is 48.5 Å². The molecule has 0 bridgehead atoms. The summed E-state index contributed by atoms with van der Waals surface area (Å²) >= 11 is 8.29. The Morgan fingerprint density at radius 2 is 1.89 bits per heavy atom. The van der Waals surface area contributed by atoms with E-state index in [4.69, 9.17) is 21.8 Å². The zero-order valence-electron chi connectivity index (χ0n) is 9.94. The Labute approximate surface area is 129 Å². The molecule has 0 aliphatic heterocycles. The maximum absolute atomic E-state index is 6.29. The average Bonchev–Trinajstić information content (AvgIpc) is 2.84. The van der Waals surface area contributed by atoms with Gasteiger partial charge in [-0.2, -0.15) is 0 Å². The van der Waals surface area contributed by atoms with Gasteiger partial charge in [-0.1, -0.05) is 29.8 Å². The van der Waals surface area contributed by atoms with E-state index in [1.165, 1.54) is 0 Å². The summed E-state index contributed by atoms with van der Waals surface area (Å²) in [4.78, 5) is 0. The van der Waals surface area contributed by atoms with E-state index in [-0.39, 0.29) is 6.04 Å². The first-order valence-electron chi connectivity index (χ1n) is 5.84. The standard InChI is InChI=1S/C15H11ClINO/c16-10-5-6-12(17)11(8-10)15(18)14-7-9-3-1-2-4-13(9)19-14/h1-8,15H,18H2. The topological polar surface area (TPSA) is 39.2 Å². The van der Waals surface area contributed by atoms with Crippen molar-refractivity contribution in [1.82, 2.24) is 0 Å². The summed E-state index contributed by atoms with van der Waals surface area (Å²) in [6.07, 6.45) is 0. The van der Waals surface area contributed by atoms with Gasteiger partial charge in [-0.25, -0.2) is 0 Å². The lowest BCUT2D eigenvalue weighted by Crippen LogP contribution is -2.12. The Bertz CT molecular complexity index is 705. The summed E-state index contributed by atoms with van der Waals surface area (Å²) in [6, 6.07) is 15.3. The van der Waals surface area contributed by atoms with Crippen molar-refractivity contribution in [3.05, 3.63) is 68.4 Å². The molecule has 1 heterocycles. The maximum atomic E-state index is 6.29. The normalized spacial score (nSPS) is 12.8. The van der Waals surface area contributed by atoms with Crippen LogP contribution >= 0.6 is 34.2 Å². The minimum absolute atomic E-state index is 0.307. The van der Waals surface area contributed by atoms with Crippen LogP contribution < -0.4 is 5.73 Å². The molecule has 0 saturated heterocycles. The molecule has 0 amide bonds. The molecule has 3 rings (SSSR count). The van der Waals surface area contributed by atoms with Crippen LogP contribution in [-0.4, -0.2) is 0 Å². The quantitative estimate of drug-likeness (QED) is 0.649. The van der Waals surface area contributed by atoms with Crippen molar-refractivity contribution in [2.45, 2.75) is 6.04 Å². The Kier molecular flexibility index (Phi) is 3.52. The fourth-order valence-electron chi connectivity index (χ4n) is 2.06. The van der Waals surface area contributed by atoms with Crippen molar-refractivity contribution in [2.75, 3.05) is 0 Å². The molecule has 0 saturated carbocycles. The SMILES string of the molecule is NC(c1cc2ccccc2o1)c1cc(Cl)ccc1I. The van der Waals surface area contributed by atoms with Gasteiger partial charge in [-0.15, -0.1) is 0 Å². The predicted octanol–water partition coefficient (Wildman–Crippen LogP) is 4.74. The first kappa shape index (κ1) is 13.0. The summed E-state index contributed by atoms with van der Waals surface area (Å²) in [5.41, 5.74) is 8.12. The highest BCUT2D eigenvalue weighted by Gasteiger charge is 2.17. The second-order valence-corrected chi connectivity index (χ2v) is 5.93. The highest BCUT2D eigenvalue weighted by atomic mass is 127. The lowest BCUT2D eigenvalue weighted by atomic mass is 10.1. The molecule has 1 unspecified atom stereocenters. The zero-order chi connectivity index (χ0) is 13.4. The van der Waals surface area contributed by atoms with Crippen molar-refractivity contribution in [2.24, 2.45) is 5.73 Å². The van der Waals surface area contributed by atoms with E-state index in [0.717, 1.165) is 25.9 Å². The van der Waals surface area contributed by atoms with Crippen LogP contribution in [0.4, 0.5) is 0 Å². The smallest absolute Gasteiger partial charge is 0.134 e. The summed E-state index contributed by atoms with van der Waals surface area (Å²) in [5.74, 6) is 0.751. The van der Waals surface area contributed by atoms with Crippen molar-refractivity contribution in [3.63, 3.8) is 0 Å². The second kappa shape index (κ2) is 5.15. The molecule has 4 heteroatoms. The van der Waals surface area contributed by atoms with E-state index < -0.39 is 0 Å². The number of nitrogens with two attached hydrogens (primary N) is 1. The van der Waals surface area contributed by atoms with Crippen molar-refractivity contribution in [3.8, 4) is 0 Å². The summed E-state index contributed by atoms with van der Waals surface area (Å²) in [6.45, 7) is 0. The van der Waals surface area contributed by atoms with Crippen molar-refractivity contribution in [1.29, 1.82) is 0 Å². The minimum atomic E-state index is -0.307. The van der Waals surface area contributed by atoms with Gasteiger partial charge in [0.15, 0.2) is 0 Å². The number of furan rings is 1. The van der Waals surface area contributed by atoms with E-state index in [1.54, 1.807) is 0 Å². The average molecular weight is 384 g/mol. The van der Waals surface area contributed by atoms with Gasteiger partial charge in [0.25, 0.3) is 0 Å². The van der Waals surface area contributed by atoms with Gasteiger partial charge < -0.3 is 10.2 Å². The molecular weight excluding hydrogens is 373 g/mol. The van der Waals surface area contributed by atoms with Crippen LogP contribution in [0, 0.1) is 3.57 Å². The third kappa shape index (κ3) is 2.50. The molecule has 2 N–H and O–H groups in total. The fourth-order valence-corrected chi connectivity index (χ4v) is 2.91. The summed E-state index contributed by atoms with van der Waals surface area (Å²) in [7, 11) is 0. The first-order chi connectivity index (χ1) is 9.15. The Hall–Kier alpha value is -1.04. The van der Waals surface area contributed by atoms with Crippen LogP contribution in [0.2, 0.25) is 5.02 Å². The number of rotatable bonds is 2. The van der Waals surface area contributed by atoms with Crippen LogP contribution in [0.25, 0.3) is 11.0 Å². The number of hydrogen-bond acceptors (Lipinski definition) is 2. The summed E-state index contributed by atoms with van der Waals surface area (Å²) < 4.78 is 6.89. The molecule has 1 atom stereocenters. The largest absolute Gasteiger partial charge is 0.459 e.